The summed E-state index contributed by atoms with van der Waals surface area (Å²) in [5, 5.41) is 21.5. The number of urea groups is 1. The maximum Gasteiger partial charge on any atom is 0.324 e. The molecule has 1 saturated heterocycles. The highest BCUT2D eigenvalue weighted by Gasteiger charge is 2.61. The van der Waals surface area contributed by atoms with Crippen LogP contribution in [0.2, 0.25) is 0 Å². The molecule has 0 bridgehead atoms. The maximum atomic E-state index is 14.3. The average molecular weight is 571 g/mol. The Morgan fingerprint density at radius 3 is 2.26 bits per heavy atom. The van der Waals surface area contributed by atoms with Gasteiger partial charge in [-0.25, -0.2) is 4.79 Å². The molecule has 2 heterocycles. The number of alkyl halides is 2. The summed E-state index contributed by atoms with van der Waals surface area (Å²) in [7, 11) is 0. The van der Waals surface area contributed by atoms with E-state index in [-0.39, 0.29) is 6.04 Å². The largest absolute Gasteiger partial charge is 0.394 e. The van der Waals surface area contributed by atoms with Crippen molar-refractivity contribution < 1.29 is 28.5 Å². The molecule has 0 saturated carbocycles. The molecule has 0 aliphatic carbocycles. The molecule has 2 rings (SSSR count). The lowest BCUT2D eigenvalue weighted by molar-refractivity contribution is -0.145. The van der Waals surface area contributed by atoms with E-state index in [0.717, 1.165) is 41.9 Å². The Balaban J connectivity index is 1.50. The second-order valence-electron chi connectivity index (χ2n) is 10.6. The summed E-state index contributed by atoms with van der Waals surface area (Å²) in [4.78, 5) is 14.0. The first kappa shape index (κ1) is 33.5. The summed E-state index contributed by atoms with van der Waals surface area (Å²) in [6.07, 6.45) is 23.2. The summed E-state index contributed by atoms with van der Waals surface area (Å²) >= 11 is 5.49. The van der Waals surface area contributed by atoms with Gasteiger partial charge in [0.1, 0.15) is 6.10 Å². The number of hydrogen-bond acceptors (Lipinski definition) is 5. The number of carbonyl (C=O) groups excluding carboxylic acids is 1. The average Bonchev–Trinajstić information content (AvgIpc) is 3.14. The van der Waals surface area contributed by atoms with Gasteiger partial charge in [0, 0.05) is 12.6 Å². The summed E-state index contributed by atoms with van der Waals surface area (Å²) in [6.45, 7) is 1.47. The van der Waals surface area contributed by atoms with Crippen LogP contribution in [0.3, 0.4) is 0 Å². The van der Waals surface area contributed by atoms with Crippen LogP contribution in [0, 0.1) is 0 Å². The molecule has 1 fully saturated rings. The molecule has 2 aliphatic heterocycles. The van der Waals surface area contributed by atoms with Gasteiger partial charge in [-0.1, -0.05) is 88.4 Å². The number of thiocarbonyl (C=S) groups is 1. The normalized spacial score (nSPS) is 24.7. The van der Waals surface area contributed by atoms with Gasteiger partial charge in [-0.15, -0.1) is 0 Å². The van der Waals surface area contributed by atoms with Gasteiger partial charge in [0.25, 0.3) is 0 Å². The predicted molar refractivity (Wildman–Crippen MR) is 156 cm³/mol. The lowest BCUT2D eigenvalue weighted by Gasteiger charge is -2.33. The molecule has 0 radical (unpaired) electrons. The topological polar surface area (TPSA) is 82.0 Å². The number of amides is 2. The number of rotatable bonds is 20. The number of allylic oxidation sites excluding steroid dienone is 4. The first-order chi connectivity index (χ1) is 18.8. The Morgan fingerprint density at radius 1 is 1.05 bits per heavy atom. The zero-order valence-corrected chi connectivity index (χ0v) is 24.2. The van der Waals surface area contributed by atoms with Crippen LogP contribution >= 0.6 is 12.2 Å². The fourth-order valence-electron chi connectivity index (χ4n) is 4.80. The molecular weight excluding hydrogens is 522 g/mol. The van der Waals surface area contributed by atoms with Crippen molar-refractivity contribution in [1.29, 1.82) is 0 Å². The van der Waals surface area contributed by atoms with Crippen LogP contribution in [-0.2, 0) is 4.74 Å². The van der Waals surface area contributed by atoms with Crippen LogP contribution < -0.4 is 5.32 Å². The molecule has 39 heavy (non-hydrogen) atoms. The lowest BCUT2D eigenvalue weighted by atomic mass is 10.0. The summed E-state index contributed by atoms with van der Waals surface area (Å²) in [6, 6.07) is -1.11. The van der Waals surface area contributed by atoms with Crippen molar-refractivity contribution in [2.75, 3.05) is 6.61 Å². The number of carbonyl (C=O) groups is 1. The monoisotopic (exact) mass is 570 g/mol. The smallest absolute Gasteiger partial charge is 0.324 e. The van der Waals surface area contributed by atoms with Crippen LogP contribution in [-0.4, -0.2) is 63.0 Å². The maximum absolute atomic E-state index is 14.3. The molecule has 0 aromatic carbocycles. The van der Waals surface area contributed by atoms with Crippen LogP contribution in [0.1, 0.15) is 103 Å². The number of halogens is 2. The van der Waals surface area contributed by atoms with E-state index in [1.807, 2.05) is 0 Å². The Hall–Kier alpha value is -1.68. The first-order valence-electron chi connectivity index (χ1n) is 14.7. The van der Waals surface area contributed by atoms with Crippen molar-refractivity contribution in [3.8, 4) is 0 Å². The zero-order valence-electron chi connectivity index (χ0n) is 23.4. The van der Waals surface area contributed by atoms with Gasteiger partial charge >= 0.3 is 12.0 Å². The van der Waals surface area contributed by atoms with Crippen LogP contribution in [0.5, 0.6) is 0 Å². The minimum atomic E-state index is -3.70. The van der Waals surface area contributed by atoms with Crippen molar-refractivity contribution in [1.82, 2.24) is 10.2 Å². The lowest BCUT2D eigenvalue weighted by Crippen LogP contribution is -2.55. The van der Waals surface area contributed by atoms with E-state index >= 15 is 0 Å². The molecule has 4 atom stereocenters. The van der Waals surface area contributed by atoms with E-state index in [1.165, 1.54) is 64.0 Å². The second kappa shape index (κ2) is 18.6. The second-order valence-corrected chi connectivity index (χ2v) is 11.1. The summed E-state index contributed by atoms with van der Waals surface area (Å²) < 4.78 is 33.7. The summed E-state index contributed by atoms with van der Waals surface area (Å²) in [5.74, 6) is -3.70. The Morgan fingerprint density at radius 2 is 1.67 bits per heavy atom. The minimum Gasteiger partial charge on any atom is -0.394 e. The van der Waals surface area contributed by atoms with E-state index in [2.05, 4.69) is 36.5 Å². The van der Waals surface area contributed by atoms with Gasteiger partial charge in [-0.05, 0) is 55.9 Å². The standard InChI is InChI=1S/C30H48F2N2O4S/c1-2-3-4-5-6-7-8-9-10-11-12-13-14-15-16-17-18-19-25(39)22-24-20-21-34(29(37)33-24)28-30(31,32)27(36)26(23-35)38-28/h6-7,9-10,20-21,24,26-28,35-36H,2-5,8,11-19,22-23H2,1H3,(H,33,37)/b7-6-,10-9-/t24?,26-,27-,28-/m1/s1. The third kappa shape index (κ3) is 11.8. The SMILES string of the molecule is CCCCC/C=C\C/C=C\CCCCCCCCCC(=S)CC1C=CN([C@@H]2O[C@H](CO)[C@@H](O)C2(F)F)C(=O)N1. The van der Waals surface area contributed by atoms with Crippen molar-refractivity contribution in [3.05, 3.63) is 36.6 Å². The number of aliphatic hydroxyl groups excluding tert-OH is 2. The first-order valence-corrected chi connectivity index (χ1v) is 15.1. The van der Waals surface area contributed by atoms with Crippen LogP contribution in [0.25, 0.3) is 0 Å². The number of ether oxygens (including phenoxy) is 1. The Labute approximate surface area is 238 Å². The molecule has 0 aromatic rings. The van der Waals surface area contributed by atoms with Gasteiger partial charge in [-0.2, -0.15) is 8.78 Å². The molecule has 2 aliphatic rings. The molecule has 222 valence electrons. The van der Waals surface area contributed by atoms with E-state index < -0.39 is 37.0 Å². The highest BCUT2D eigenvalue weighted by atomic mass is 32.1. The van der Waals surface area contributed by atoms with Crippen molar-refractivity contribution in [2.45, 2.75) is 134 Å². The zero-order chi connectivity index (χ0) is 28.5. The molecule has 2 amide bonds. The molecule has 1 unspecified atom stereocenters. The fourth-order valence-corrected chi connectivity index (χ4v) is 5.13. The van der Waals surface area contributed by atoms with Gasteiger partial charge < -0.3 is 20.3 Å². The van der Waals surface area contributed by atoms with Gasteiger partial charge in [-0.3, -0.25) is 4.90 Å². The fraction of sp³-hybridized carbons (Fsp3) is 0.733. The van der Waals surface area contributed by atoms with E-state index in [9.17, 15) is 18.7 Å². The van der Waals surface area contributed by atoms with E-state index in [1.54, 1.807) is 6.08 Å². The molecule has 3 N–H and O–H groups in total. The summed E-state index contributed by atoms with van der Waals surface area (Å²) in [5.41, 5.74) is 0. The molecule has 0 spiro atoms. The van der Waals surface area contributed by atoms with Crippen molar-refractivity contribution in [3.63, 3.8) is 0 Å². The highest BCUT2D eigenvalue weighted by Crippen LogP contribution is 2.38. The molecule has 9 heteroatoms. The van der Waals surface area contributed by atoms with Crippen molar-refractivity contribution >= 4 is 23.1 Å². The number of nitrogens with zero attached hydrogens (tertiary/aromatic N) is 1. The van der Waals surface area contributed by atoms with E-state index in [4.69, 9.17) is 22.1 Å². The number of unbranched alkanes of at least 4 members (excludes halogenated alkanes) is 10. The molecule has 6 nitrogen and oxygen atoms in total. The molecule has 0 aromatic heterocycles. The van der Waals surface area contributed by atoms with Gasteiger partial charge in [0.05, 0.1) is 12.6 Å². The molecular formula is C30H48F2N2O4S. The third-order valence-corrected chi connectivity index (χ3v) is 7.56. The third-order valence-electron chi connectivity index (χ3n) is 7.19. The van der Waals surface area contributed by atoms with Gasteiger partial charge in [0.2, 0.25) is 6.23 Å². The minimum absolute atomic E-state index is 0.370. The van der Waals surface area contributed by atoms with Gasteiger partial charge in [0.15, 0.2) is 6.10 Å². The Kier molecular flexibility index (Phi) is 16.0. The van der Waals surface area contributed by atoms with Crippen LogP contribution in [0.15, 0.2) is 36.6 Å². The number of hydrogen-bond donors (Lipinski definition) is 3. The van der Waals surface area contributed by atoms with Crippen molar-refractivity contribution in [2.24, 2.45) is 0 Å². The Bertz CT molecular complexity index is 821. The number of nitrogens with one attached hydrogen (secondary N) is 1. The van der Waals surface area contributed by atoms with E-state index in [0.29, 0.717) is 6.42 Å². The number of aliphatic hydroxyl groups is 2. The predicted octanol–water partition coefficient (Wildman–Crippen LogP) is 6.96. The highest BCUT2D eigenvalue weighted by molar-refractivity contribution is 7.80. The van der Waals surface area contributed by atoms with Crippen LogP contribution in [0.4, 0.5) is 13.6 Å². The quantitative estimate of drug-likeness (QED) is 0.0837.